The van der Waals surface area contributed by atoms with E-state index in [9.17, 15) is 10.1 Å². The van der Waals surface area contributed by atoms with Gasteiger partial charge in [0.2, 0.25) is 0 Å². The molecule has 2 bridgehead atoms. The number of nitriles is 1. The fourth-order valence-corrected chi connectivity index (χ4v) is 3.84. The number of fused-ring (bicyclic) bond motifs is 2. The van der Waals surface area contributed by atoms with Crippen molar-refractivity contribution in [2.45, 2.75) is 24.7 Å². The summed E-state index contributed by atoms with van der Waals surface area (Å²) in [5.41, 5.74) is 0.113. The van der Waals surface area contributed by atoms with Crippen LogP contribution in [0.4, 0.5) is 0 Å². The number of hydrogen-bond acceptors (Lipinski definition) is 2. The van der Waals surface area contributed by atoms with Gasteiger partial charge in [-0.3, -0.25) is 4.79 Å². The molecule has 3 atom stereocenters. The zero-order valence-electron chi connectivity index (χ0n) is 10.2. The van der Waals surface area contributed by atoms with Gasteiger partial charge in [0.05, 0.1) is 11.5 Å². The lowest BCUT2D eigenvalue weighted by atomic mass is 9.60. The fraction of sp³-hybridized carbons (Fsp3) is 0.375. The third kappa shape index (κ3) is 1.14. The van der Waals surface area contributed by atoms with Crippen molar-refractivity contribution in [3.63, 3.8) is 0 Å². The standard InChI is InChI=1S/C16H15NO/c1-2-15-8-12(14(18)10-15)9-16(15,11-17)13-6-4-3-5-7-13/h2-7,12H,1,8-10H2/t12-,15+,16+/m0/s1. The van der Waals surface area contributed by atoms with E-state index in [4.69, 9.17) is 0 Å². The van der Waals surface area contributed by atoms with Gasteiger partial charge in [0.1, 0.15) is 5.78 Å². The minimum Gasteiger partial charge on any atom is -0.299 e. The maximum atomic E-state index is 11.9. The van der Waals surface area contributed by atoms with Crippen molar-refractivity contribution < 1.29 is 4.79 Å². The minimum atomic E-state index is -0.561. The molecule has 2 fully saturated rings. The Bertz CT molecular complexity index is 556. The maximum absolute atomic E-state index is 11.9. The molecule has 18 heavy (non-hydrogen) atoms. The second-order valence-electron chi connectivity index (χ2n) is 5.49. The molecular formula is C16H15NO. The molecule has 0 aromatic heterocycles. The Morgan fingerprint density at radius 1 is 1.33 bits per heavy atom. The topological polar surface area (TPSA) is 40.9 Å². The molecule has 0 aliphatic heterocycles. The number of hydrogen-bond donors (Lipinski definition) is 0. The molecule has 0 spiro atoms. The van der Waals surface area contributed by atoms with E-state index in [0.717, 1.165) is 12.0 Å². The number of carbonyl (C=O) groups is 1. The third-order valence-corrected chi connectivity index (χ3v) is 4.81. The van der Waals surface area contributed by atoms with E-state index in [1.54, 1.807) is 0 Å². The summed E-state index contributed by atoms with van der Waals surface area (Å²) in [5.74, 6) is 0.347. The van der Waals surface area contributed by atoms with Gasteiger partial charge in [-0.1, -0.05) is 36.4 Å². The SMILES string of the molecule is C=C[C@]12CC(=O)[C@@H](C1)C[C@@]2(C#N)c1ccccc1. The zero-order chi connectivity index (χ0) is 12.8. The molecule has 1 aromatic carbocycles. The van der Waals surface area contributed by atoms with Crippen molar-refractivity contribution in [3.8, 4) is 6.07 Å². The molecule has 2 nitrogen and oxygen atoms in total. The molecule has 0 N–H and O–H groups in total. The molecule has 2 aliphatic carbocycles. The van der Waals surface area contributed by atoms with Crippen molar-refractivity contribution >= 4 is 5.78 Å². The number of benzene rings is 1. The van der Waals surface area contributed by atoms with Gasteiger partial charge in [-0.05, 0) is 18.4 Å². The van der Waals surface area contributed by atoms with Crippen molar-refractivity contribution in [2.24, 2.45) is 11.3 Å². The van der Waals surface area contributed by atoms with Crippen LogP contribution in [0.15, 0.2) is 43.0 Å². The molecule has 0 radical (unpaired) electrons. The van der Waals surface area contributed by atoms with E-state index in [1.807, 2.05) is 36.4 Å². The van der Waals surface area contributed by atoms with Crippen LogP contribution < -0.4 is 0 Å². The highest BCUT2D eigenvalue weighted by Crippen LogP contribution is 2.64. The second-order valence-corrected chi connectivity index (χ2v) is 5.49. The van der Waals surface area contributed by atoms with Gasteiger partial charge in [0.25, 0.3) is 0 Å². The van der Waals surface area contributed by atoms with Crippen LogP contribution in [-0.2, 0) is 10.2 Å². The number of Topliss-reactive ketones (excluding diaryl/α,β-unsaturated/α-hetero) is 1. The summed E-state index contributed by atoms with van der Waals surface area (Å²) in [5, 5.41) is 9.77. The summed E-state index contributed by atoms with van der Waals surface area (Å²) < 4.78 is 0. The second kappa shape index (κ2) is 3.55. The Hall–Kier alpha value is -1.88. The van der Waals surface area contributed by atoms with Crippen LogP contribution in [0.25, 0.3) is 0 Å². The van der Waals surface area contributed by atoms with Gasteiger partial charge < -0.3 is 0 Å². The molecule has 2 heteroatoms. The largest absolute Gasteiger partial charge is 0.299 e. The Kier molecular flexibility index (Phi) is 2.22. The molecule has 2 aliphatic rings. The first kappa shape index (κ1) is 11.2. The summed E-state index contributed by atoms with van der Waals surface area (Å²) in [4.78, 5) is 11.9. The molecule has 0 amide bonds. The highest BCUT2D eigenvalue weighted by Gasteiger charge is 2.64. The lowest BCUT2D eigenvalue weighted by Gasteiger charge is -2.39. The minimum absolute atomic E-state index is 0.0443. The first-order valence-corrected chi connectivity index (χ1v) is 6.30. The lowest BCUT2D eigenvalue weighted by Crippen LogP contribution is -2.41. The molecular weight excluding hydrogens is 222 g/mol. The Labute approximate surface area is 107 Å². The number of carbonyl (C=O) groups excluding carboxylic acids is 1. The van der Waals surface area contributed by atoms with Crippen LogP contribution >= 0.6 is 0 Å². The first-order chi connectivity index (χ1) is 8.67. The van der Waals surface area contributed by atoms with Gasteiger partial charge in [-0.25, -0.2) is 0 Å². The number of allylic oxidation sites excluding steroid dienone is 1. The van der Waals surface area contributed by atoms with Crippen LogP contribution in [0.2, 0.25) is 0 Å². The molecule has 3 rings (SSSR count). The molecule has 0 saturated heterocycles. The Morgan fingerprint density at radius 3 is 2.61 bits per heavy atom. The molecule has 0 unspecified atom stereocenters. The van der Waals surface area contributed by atoms with E-state index in [1.165, 1.54) is 0 Å². The highest BCUT2D eigenvalue weighted by molar-refractivity contribution is 5.87. The van der Waals surface area contributed by atoms with Crippen LogP contribution in [0, 0.1) is 22.7 Å². The predicted octanol–water partition coefficient (Wildman–Crippen LogP) is 3.00. The predicted molar refractivity (Wildman–Crippen MR) is 68.7 cm³/mol. The average molecular weight is 237 g/mol. The third-order valence-electron chi connectivity index (χ3n) is 4.81. The fourth-order valence-electron chi connectivity index (χ4n) is 3.84. The van der Waals surface area contributed by atoms with E-state index in [2.05, 4.69) is 12.6 Å². The van der Waals surface area contributed by atoms with Gasteiger partial charge in [0, 0.05) is 17.8 Å². The van der Waals surface area contributed by atoms with Gasteiger partial charge >= 0.3 is 0 Å². The number of rotatable bonds is 2. The molecule has 90 valence electrons. The average Bonchev–Trinajstić information content (AvgIpc) is 2.92. The summed E-state index contributed by atoms with van der Waals surface area (Å²) in [6, 6.07) is 12.4. The van der Waals surface area contributed by atoms with Gasteiger partial charge in [-0.2, -0.15) is 5.26 Å². The van der Waals surface area contributed by atoms with Crippen molar-refractivity contribution in [2.75, 3.05) is 0 Å². The van der Waals surface area contributed by atoms with Crippen LogP contribution in [-0.4, -0.2) is 5.78 Å². The maximum Gasteiger partial charge on any atom is 0.137 e. The number of nitrogens with zero attached hydrogens (tertiary/aromatic N) is 1. The molecule has 2 saturated carbocycles. The Morgan fingerprint density at radius 2 is 2.06 bits per heavy atom. The van der Waals surface area contributed by atoms with E-state index >= 15 is 0 Å². The van der Waals surface area contributed by atoms with Crippen molar-refractivity contribution in [1.82, 2.24) is 0 Å². The normalized spacial score (nSPS) is 37.5. The Balaban J connectivity index is 2.18. The number of ketones is 1. The van der Waals surface area contributed by atoms with Gasteiger partial charge in [-0.15, -0.1) is 6.58 Å². The van der Waals surface area contributed by atoms with Crippen LogP contribution in [0.3, 0.4) is 0 Å². The lowest BCUT2D eigenvalue weighted by molar-refractivity contribution is -0.122. The van der Waals surface area contributed by atoms with Crippen molar-refractivity contribution in [3.05, 3.63) is 48.6 Å². The zero-order valence-corrected chi connectivity index (χ0v) is 10.2. The summed E-state index contributed by atoms with van der Waals surface area (Å²) in [7, 11) is 0. The summed E-state index contributed by atoms with van der Waals surface area (Å²) in [6.07, 6.45) is 3.77. The first-order valence-electron chi connectivity index (χ1n) is 6.30. The van der Waals surface area contributed by atoms with Crippen LogP contribution in [0.5, 0.6) is 0 Å². The summed E-state index contributed by atoms with van der Waals surface area (Å²) in [6.45, 7) is 3.91. The summed E-state index contributed by atoms with van der Waals surface area (Å²) >= 11 is 0. The monoisotopic (exact) mass is 237 g/mol. The highest BCUT2D eigenvalue weighted by atomic mass is 16.1. The molecule has 1 aromatic rings. The van der Waals surface area contributed by atoms with Crippen molar-refractivity contribution in [1.29, 1.82) is 5.26 Å². The van der Waals surface area contributed by atoms with E-state index in [0.29, 0.717) is 18.6 Å². The van der Waals surface area contributed by atoms with Gasteiger partial charge in [0.15, 0.2) is 0 Å². The smallest absolute Gasteiger partial charge is 0.137 e. The van der Waals surface area contributed by atoms with E-state index in [-0.39, 0.29) is 11.3 Å². The molecule has 0 heterocycles. The quantitative estimate of drug-likeness (QED) is 0.742. The van der Waals surface area contributed by atoms with E-state index < -0.39 is 5.41 Å². The van der Waals surface area contributed by atoms with Crippen LogP contribution in [0.1, 0.15) is 24.8 Å².